The lowest BCUT2D eigenvalue weighted by molar-refractivity contribution is -0.127. The highest BCUT2D eigenvalue weighted by Gasteiger charge is 2.38. The second-order valence-corrected chi connectivity index (χ2v) is 4.50. The molecular weight excluding hydrogens is 237 g/mol. The van der Waals surface area contributed by atoms with Crippen molar-refractivity contribution >= 4 is 11.9 Å². The van der Waals surface area contributed by atoms with Crippen molar-refractivity contribution in [3.05, 3.63) is 35.4 Å². The monoisotopic (exact) mass is 251 g/mol. The molecule has 2 rings (SSSR count). The molecule has 5 heteroatoms. The first-order chi connectivity index (χ1) is 8.54. The van der Waals surface area contributed by atoms with Gasteiger partial charge in [-0.2, -0.15) is 0 Å². The minimum Gasteiger partial charge on any atom is -0.478 e. The normalized spacial score (nSPS) is 23.4. The maximum absolute atomic E-state index is 12.9. The van der Waals surface area contributed by atoms with Gasteiger partial charge in [-0.1, -0.05) is 12.1 Å². The van der Waals surface area contributed by atoms with Crippen molar-refractivity contribution in [3.8, 4) is 0 Å². The maximum atomic E-state index is 12.9. The molecule has 2 unspecified atom stereocenters. The summed E-state index contributed by atoms with van der Waals surface area (Å²) in [7, 11) is 1.62. The van der Waals surface area contributed by atoms with Crippen LogP contribution in [0, 0.1) is 5.92 Å². The molecular formula is C13H14FNO3. The predicted octanol–water partition coefficient (Wildman–Crippen LogP) is 1.87. The third-order valence-corrected chi connectivity index (χ3v) is 3.37. The van der Waals surface area contributed by atoms with Crippen molar-refractivity contribution < 1.29 is 19.1 Å². The Balaban J connectivity index is 2.37. The Hall–Kier alpha value is -1.91. The van der Waals surface area contributed by atoms with Crippen molar-refractivity contribution in [2.45, 2.75) is 12.5 Å². The molecule has 1 aliphatic rings. The molecule has 1 aromatic carbocycles. The summed E-state index contributed by atoms with van der Waals surface area (Å²) in [6, 6.07) is 5.96. The number of hydrogen-bond acceptors (Lipinski definition) is 2. The summed E-state index contributed by atoms with van der Waals surface area (Å²) in [5.41, 5.74) is 0.823. The molecule has 0 saturated carbocycles. The third kappa shape index (κ3) is 2.08. The van der Waals surface area contributed by atoms with Crippen LogP contribution in [-0.4, -0.2) is 35.6 Å². The first-order valence-corrected chi connectivity index (χ1v) is 5.69. The number of likely N-dealkylation sites (tertiary alicyclic amines) is 1. The Kier molecular flexibility index (Phi) is 3.32. The second-order valence-electron chi connectivity index (χ2n) is 4.50. The fourth-order valence-corrected chi connectivity index (χ4v) is 2.44. The molecule has 1 aliphatic heterocycles. The molecule has 0 aromatic heterocycles. The summed E-state index contributed by atoms with van der Waals surface area (Å²) in [6.07, 6.45) is 0.176. The van der Waals surface area contributed by atoms with Gasteiger partial charge in [0, 0.05) is 19.4 Å². The topological polar surface area (TPSA) is 57.6 Å². The van der Waals surface area contributed by atoms with E-state index >= 15 is 0 Å². The minimum absolute atomic E-state index is 0.108. The van der Waals surface area contributed by atoms with Gasteiger partial charge in [0.1, 0.15) is 0 Å². The van der Waals surface area contributed by atoms with Gasteiger partial charge in [0.2, 0.25) is 5.91 Å². The second kappa shape index (κ2) is 4.76. The Morgan fingerprint density at radius 1 is 1.56 bits per heavy atom. The number of alkyl halides is 1. The molecule has 1 N–H and O–H groups in total. The summed E-state index contributed by atoms with van der Waals surface area (Å²) in [5.74, 6) is -1.53. The first-order valence-electron chi connectivity index (χ1n) is 5.69. The molecule has 4 nitrogen and oxygen atoms in total. The Morgan fingerprint density at radius 2 is 2.28 bits per heavy atom. The zero-order valence-electron chi connectivity index (χ0n) is 9.97. The third-order valence-electron chi connectivity index (χ3n) is 3.37. The highest BCUT2D eigenvalue weighted by atomic mass is 19.1. The number of halogens is 1. The van der Waals surface area contributed by atoms with Gasteiger partial charge in [-0.15, -0.1) is 0 Å². The highest BCUT2D eigenvalue weighted by molar-refractivity contribution is 5.88. The average molecular weight is 251 g/mol. The van der Waals surface area contributed by atoms with Crippen LogP contribution in [0.3, 0.4) is 0 Å². The first kappa shape index (κ1) is 12.5. The van der Waals surface area contributed by atoms with Crippen LogP contribution < -0.4 is 0 Å². The van der Waals surface area contributed by atoms with Crippen LogP contribution in [0.15, 0.2) is 24.3 Å². The van der Waals surface area contributed by atoms with Crippen molar-refractivity contribution in [3.63, 3.8) is 0 Å². The Labute approximate surface area is 104 Å². The highest BCUT2D eigenvalue weighted by Crippen LogP contribution is 2.37. The van der Waals surface area contributed by atoms with Crippen LogP contribution >= 0.6 is 0 Å². The van der Waals surface area contributed by atoms with Gasteiger partial charge < -0.3 is 10.0 Å². The molecule has 0 radical (unpaired) electrons. The summed E-state index contributed by atoms with van der Waals surface area (Å²) >= 11 is 0. The molecule has 1 amide bonds. The molecule has 1 fully saturated rings. The fourth-order valence-electron chi connectivity index (χ4n) is 2.44. The lowest BCUT2D eigenvalue weighted by atomic mass is 9.94. The molecule has 0 aliphatic carbocycles. The van der Waals surface area contributed by atoms with E-state index in [0.29, 0.717) is 5.56 Å². The van der Waals surface area contributed by atoms with E-state index in [0.717, 1.165) is 0 Å². The van der Waals surface area contributed by atoms with Crippen molar-refractivity contribution in [1.82, 2.24) is 4.90 Å². The van der Waals surface area contributed by atoms with Crippen molar-refractivity contribution in [1.29, 1.82) is 0 Å². The standard InChI is InChI=1S/C13H14FNO3/c1-15-11(16)6-10(7-14)12(15)8-3-2-4-9(5-8)13(17)18/h2-5,10,12H,6-7H2,1H3,(H,17,18). The maximum Gasteiger partial charge on any atom is 0.335 e. The molecule has 0 bridgehead atoms. The number of hydrogen-bond donors (Lipinski definition) is 1. The summed E-state index contributed by atoms with van der Waals surface area (Å²) in [5, 5.41) is 8.94. The number of rotatable bonds is 3. The number of aromatic carboxylic acids is 1. The molecule has 18 heavy (non-hydrogen) atoms. The van der Waals surface area contributed by atoms with Crippen LogP contribution in [0.2, 0.25) is 0 Å². The minimum atomic E-state index is -1.03. The lowest BCUT2D eigenvalue weighted by Crippen LogP contribution is -2.25. The van der Waals surface area contributed by atoms with Gasteiger partial charge in [-0.3, -0.25) is 9.18 Å². The van der Waals surface area contributed by atoms with Crippen LogP contribution in [0.5, 0.6) is 0 Å². The zero-order chi connectivity index (χ0) is 13.3. The summed E-state index contributed by atoms with van der Waals surface area (Å²) < 4.78 is 12.9. The van der Waals surface area contributed by atoms with Crippen LogP contribution in [-0.2, 0) is 4.79 Å². The van der Waals surface area contributed by atoms with Crippen LogP contribution in [0.1, 0.15) is 28.4 Å². The molecule has 2 atom stereocenters. The number of nitrogens with zero attached hydrogens (tertiary/aromatic N) is 1. The lowest BCUT2D eigenvalue weighted by Gasteiger charge is -2.24. The smallest absolute Gasteiger partial charge is 0.335 e. The molecule has 1 aromatic rings. The largest absolute Gasteiger partial charge is 0.478 e. The van der Waals surface area contributed by atoms with E-state index in [1.807, 2.05) is 0 Å². The van der Waals surface area contributed by atoms with Gasteiger partial charge in [0.25, 0.3) is 0 Å². The van der Waals surface area contributed by atoms with Crippen LogP contribution in [0.4, 0.5) is 4.39 Å². The summed E-state index contributed by atoms with van der Waals surface area (Å²) in [4.78, 5) is 24.0. The van der Waals surface area contributed by atoms with E-state index in [9.17, 15) is 14.0 Å². The number of carbonyl (C=O) groups is 2. The van der Waals surface area contributed by atoms with Crippen molar-refractivity contribution in [2.75, 3.05) is 13.7 Å². The number of carboxylic acids is 1. The molecule has 1 heterocycles. The fraction of sp³-hybridized carbons (Fsp3) is 0.385. The van der Waals surface area contributed by atoms with Gasteiger partial charge in [-0.25, -0.2) is 4.79 Å². The number of carboxylic acid groups (broad SMARTS) is 1. The van der Waals surface area contributed by atoms with E-state index in [2.05, 4.69) is 0 Å². The predicted molar refractivity (Wildman–Crippen MR) is 63.0 cm³/mol. The average Bonchev–Trinajstić information content (AvgIpc) is 2.65. The Bertz CT molecular complexity index is 489. The van der Waals surface area contributed by atoms with E-state index in [4.69, 9.17) is 5.11 Å². The van der Waals surface area contributed by atoms with E-state index in [-0.39, 0.29) is 23.9 Å². The van der Waals surface area contributed by atoms with Gasteiger partial charge in [0.05, 0.1) is 18.3 Å². The van der Waals surface area contributed by atoms with E-state index in [1.54, 1.807) is 19.2 Å². The Morgan fingerprint density at radius 3 is 2.89 bits per heavy atom. The van der Waals surface area contributed by atoms with Gasteiger partial charge >= 0.3 is 5.97 Å². The number of carbonyl (C=O) groups excluding carboxylic acids is 1. The summed E-state index contributed by atoms with van der Waals surface area (Å²) in [6.45, 7) is -0.585. The van der Waals surface area contributed by atoms with Gasteiger partial charge in [-0.05, 0) is 17.7 Å². The SMILES string of the molecule is CN1C(=O)CC(CF)C1c1cccc(C(=O)O)c1. The molecule has 0 spiro atoms. The number of benzene rings is 1. The van der Waals surface area contributed by atoms with Crippen molar-refractivity contribution in [2.24, 2.45) is 5.92 Å². The molecule has 1 saturated heterocycles. The quantitative estimate of drug-likeness (QED) is 0.892. The zero-order valence-corrected chi connectivity index (χ0v) is 9.97. The number of amides is 1. The van der Waals surface area contributed by atoms with Crippen LogP contribution in [0.25, 0.3) is 0 Å². The molecule has 96 valence electrons. The van der Waals surface area contributed by atoms with Gasteiger partial charge in [0.15, 0.2) is 0 Å². The van der Waals surface area contributed by atoms with E-state index < -0.39 is 18.6 Å². The van der Waals surface area contributed by atoms with E-state index in [1.165, 1.54) is 17.0 Å².